The predicted molar refractivity (Wildman–Crippen MR) is 82.6 cm³/mol. The van der Waals surface area contributed by atoms with Crippen molar-refractivity contribution in [3.63, 3.8) is 0 Å². The van der Waals surface area contributed by atoms with Gasteiger partial charge in [-0.3, -0.25) is 4.79 Å². The van der Waals surface area contributed by atoms with Gasteiger partial charge in [-0.2, -0.15) is 0 Å². The molecule has 0 aromatic heterocycles. The highest BCUT2D eigenvalue weighted by atomic mass is 19.1. The molecular formula is C16H21BFNO3. The van der Waals surface area contributed by atoms with Crippen LogP contribution in [-0.4, -0.2) is 30.3 Å². The second kappa shape index (κ2) is 5.06. The third kappa shape index (κ3) is 2.77. The van der Waals surface area contributed by atoms with Crippen molar-refractivity contribution in [2.24, 2.45) is 0 Å². The van der Waals surface area contributed by atoms with Gasteiger partial charge in [0.05, 0.1) is 16.8 Å². The van der Waals surface area contributed by atoms with E-state index in [0.717, 1.165) is 12.8 Å². The Morgan fingerprint density at radius 2 is 1.82 bits per heavy atom. The first-order chi connectivity index (χ1) is 10.2. The van der Waals surface area contributed by atoms with Crippen LogP contribution in [0.2, 0.25) is 0 Å². The lowest BCUT2D eigenvalue weighted by molar-refractivity contribution is 0.00578. The number of nitrogens with one attached hydrogen (secondary N) is 1. The molecule has 1 aliphatic heterocycles. The van der Waals surface area contributed by atoms with Crippen molar-refractivity contribution in [1.29, 1.82) is 0 Å². The molecule has 2 fully saturated rings. The Morgan fingerprint density at radius 3 is 2.36 bits per heavy atom. The van der Waals surface area contributed by atoms with E-state index >= 15 is 0 Å². The number of carbonyl (C=O) groups excluding carboxylic acids is 1. The maximum Gasteiger partial charge on any atom is 0.494 e. The summed E-state index contributed by atoms with van der Waals surface area (Å²) in [5.41, 5.74) is -0.245. The molecule has 0 unspecified atom stereocenters. The highest BCUT2D eigenvalue weighted by Crippen LogP contribution is 2.36. The van der Waals surface area contributed by atoms with Crippen LogP contribution in [0.3, 0.4) is 0 Å². The summed E-state index contributed by atoms with van der Waals surface area (Å²) < 4.78 is 25.8. The lowest BCUT2D eigenvalue weighted by atomic mass is 9.78. The SMILES string of the molecule is CC1(C)OB(c2ccc(F)c(C(=O)NC3CC3)c2)OC1(C)C. The number of halogens is 1. The molecule has 0 atom stereocenters. The van der Waals surface area contributed by atoms with E-state index in [2.05, 4.69) is 5.32 Å². The van der Waals surface area contributed by atoms with Gasteiger partial charge < -0.3 is 14.6 Å². The van der Waals surface area contributed by atoms with Gasteiger partial charge in [0.15, 0.2) is 0 Å². The monoisotopic (exact) mass is 305 g/mol. The lowest BCUT2D eigenvalue weighted by Crippen LogP contribution is -2.41. The minimum Gasteiger partial charge on any atom is -0.399 e. The fraction of sp³-hybridized carbons (Fsp3) is 0.562. The van der Waals surface area contributed by atoms with Gasteiger partial charge in [0.25, 0.3) is 5.91 Å². The Hall–Kier alpha value is -1.40. The zero-order chi connectivity index (χ0) is 16.1. The average molecular weight is 305 g/mol. The molecule has 6 heteroatoms. The first kappa shape index (κ1) is 15.5. The van der Waals surface area contributed by atoms with Gasteiger partial charge in [-0.05, 0) is 58.1 Å². The van der Waals surface area contributed by atoms with Gasteiger partial charge in [-0.25, -0.2) is 4.39 Å². The minimum atomic E-state index is -0.599. The molecule has 1 heterocycles. The van der Waals surface area contributed by atoms with Gasteiger partial charge in [-0.1, -0.05) is 6.07 Å². The summed E-state index contributed by atoms with van der Waals surface area (Å²) in [6.07, 6.45) is 1.93. The van der Waals surface area contributed by atoms with Crippen molar-refractivity contribution in [2.75, 3.05) is 0 Å². The summed E-state index contributed by atoms with van der Waals surface area (Å²) >= 11 is 0. The zero-order valence-corrected chi connectivity index (χ0v) is 13.4. The van der Waals surface area contributed by atoms with E-state index in [-0.39, 0.29) is 17.5 Å². The molecule has 1 saturated heterocycles. The molecule has 118 valence electrons. The molecule has 2 aliphatic rings. The molecule has 22 heavy (non-hydrogen) atoms. The summed E-state index contributed by atoms with van der Waals surface area (Å²) in [5, 5.41) is 2.80. The van der Waals surface area contributed by atoms with Crippen molar-refractivity contribution < 1.29 is 18.5 Å². The summed E-state index contributed by atoms with van der Waals surface area (Å²) in [6, 6.07) is 4.61. The Bertz CT molecular complexity index is 597. The van der Waals surface area contributed by atoms with Crippen LogP contribution in [0.5, 0.6) is 0 Å². The van der Waals surface area contributed by atoms with Crippen molar-refractivity contribution in [2.45, 2.75) is 57.8 Å². The molecule has 1 saturated carbocycles. The fourth-order valence-corrected chi connectivity index (χ4v) is 2.33. The van der Waals surface area contributed by atoms with Crippen LogP contribution in [0.25, 0.3) is 0 Å². The fourth-order valence-electron chi connectivity index (χ4n) is 2.33. The highest BCUT2D eigenvalue weighted by molar-refractivity contribution is 6.62. The van der Waals surface area contributed by atoms with Gasteiger partial charge >= 0.3 is 7.12 Å². The highest BCUT2D eigenvalue weighted by Gasteiger charge is 2.51. The second-order valence-corrected chi connectivity index (χ2v) is 7.08. The molecule has 1 aliphatic carbocycles. The first-order valence-electron chi connectivity index (χ1n) is 7.65. The van der Waals surface area contributed by atoms with Gasteiger partial charge in [0, 0.05) is 6.04 Å². The Morgan fingerprint density at radius 1 is 1.23 bits per heavy atom. The van der Waals surface area contributed by atoms with E-state index in [9.17, 15) is 9.18 Å². The number of rotatable bonds is 3. The number of benzene rings is 1. The molecule has 1 N–H and O–H groups in total. The normalized spacial score (nSPS) is 22.7. The quantitative estimate of drug-likeness (QED) is 0.869. The van der Waals surface area contributed by atoms with Gasteiger partial charge in [0.1, 0.15) is 5.82 Å². The Balaban J connectivity index is 1.85. The zero-order valence-electron chi connectivity index (χ0n) is 13.4. The van der Waals surface area contributed by atoms with Crippen LogP contribution < -0.4 is 10.8 Å². The van der Waals surface area contributed by atoms with E-state index < -0.39 is 24.1 Å². The van der Waals surface area contributed by atoms with Gasteiger partial charge in [-0.15, -0.1) is 0 Å². The Labute approximate surface area is 130 Å². The van der Waals surface area contributed by atoms with Crippen LogP contribution >= 0.6 is 0 Å². The molecule has 4 nitrogen and oxygen atoms in total. The van der Waals surface area contributed by atoms with E-state index in [0.29, 0.717) is 5.46 Å². The number of amides is 1. The van der Waals surface area contributed by atoms with Crippen LogP contribution in [0, 0.1) is 5.82 Å². The molecule has 1 aromatic rings. The van der Waals surface area contributed by atoms with Crippen LogP contribution in [-0.2, 0) is 9.31 Å². The topological polar surface area (TPSA) is 47.6 Å². The van der Waals surface area contributed by atoms with Gasteiger partial charge in [0.2, 0.25) is 0 Å². The largest absolute Gasteiger partial charge is 0.494 e. The predicted octanol–water partition coefficient (Wildman–Crippen LogP) is 2.02. The Kier molecular flexibility index (Phi) is 3.57. The molecule has 1 aromatic carbocycles. The lowest BCUT2D eigenvalue weighted by Gasteiger charge is -2.32. The number of hydrogen-bond donors (Lipinski definition) is 1. The third-order valence-corrected chi connectivity index (χ3v) is 4.67. The van der Waals surface area contributed by atoms with Crippen molar-refractivity contribution >= 4 is 18.5 Å². The summed E-state index contributed by atoms with van der Waals surface area (Å²) in [4.78, 5) is 12.1. The van der Waals surface area contributed by atoms with E-state index in [1.807, 2.05) is 27.7 Å². The molecule has 0 spiro atoms. The van der Waals surface area contributed by atoms with Crippen molar-refractivity contribution in [1.82, 2.24) is 5.32 Å². The standard InChI is InChI=1S/C16H21BFNO3/c1-15(2)16(3,4)22-17(21-15)10-5-8-13(18)12(9-10)14(20)19-11-6-7-11/h5,8-9,11H,6-7H2,1-4H3,(H,19,20). The molecule has 0 radical (unpaired) electrons. The first-order valence-corrected chi connectivity index (χ1v) is 7.65. The molecular weight excluding hydrogens is 284 g/mol. The number of carbonyl (C=O) groups is 1. The maximum atomic E-state index is 13.9. The molecule has 1 amide bonds. The van der Waals surface area contributed by atoms with E-state index in [1.54, 1.807) is 6.07 Å². The average Bonchev–Trinajstić information content (AvgIpc) is 3.17. The van der Waals surface area contributed by atoms with Crippen LogP contribution in [0.4, 0.5) is 4.39 Å². The second-order valence-electron chi connectivity index (χ2n) is 7.08. The summed E-state index contributed by atoms with van der Waals surface area (Å²) in [6.45, 7) is 7.82. The van der Waals surface area contributed by atoms with Crippen LogP contribution in [0.15, 0.2) is 18.2 Å². The molecule has 0 bridgehead atoms. The number of hydrogen-bond acceptors (Lipinski definition) is 3. The molecule has 3 rings (SSSR count). The maximum absolute atomic E-state index is 13.9. The van der Waals surface area contributed by atoms with E-state index in [4.69, 9.17) is 9.31 Å². The summed E-state index contributed by atoms with van der Waals surface area (Å²) in [7, 11) is -0.599. The smallest absolute Gasteiger partial charge is 0.399 e. The summed E-state index contributed by atoms with van der Waals surface area (Å²) in [5.74, 6) is -0.906. The van der Waals surface area contributed by atoms with Crippen molar-refractivity contribution in [3.05, 3.63) is 29.6 Å². The minimum absolute atomic E-state index is 0.0408. The van der Waals surface area contributed by atoms with Crippen LogP contribution in [0.1, 0.15) is 50.9 Å². The third-order valence-electron chi connectivity index (χ3n) is 4.67. The van der Waals surface area contributed by atoms with Crippen molar-refractivity contribution in [3.8, 4) is 0 Å². The van der Waals surface area contributed by atoms with E-state index in [1.165, 1.54) is 12.1 Å².